The number of rotatable bonds is 6. The van der Waals surface area contributed by atoms with E-state index in [1.54, 1.807) is 0 Å². The fourth-order valence-corrected chi connectivity index (χ4v) is 4.92. The van der Waals surface area contributed by atoms with Gasteiger partial charge in [-0.2, -0.15) is 23.1 Å². The maximum absolute atomic E-state index is 10.6. The third-order valence-corrected chi connectivity index (χ3v) is 6.96. The zero-order valence-corrected chi connectivity index (χ0v) is 23.3. The standard InChI is InChI=1S/C26H34N6O2.C2HF3O2/c1-18-14-22-23(17-32(18)24-16-20(33)15-19-6-4-5-7-21(19)24)28-26(34-13-12-30(2)3)29-25(22)31-10-8-27-9-11-31;3-2(4,5)1(6)7/h4-7,15-16,18,27,33H,8-14,17H2,1-3H3;(H,6,7). The van der Waals surface area contributed by atoms with Crippen molar-refractivity contribution in [1.29, 1.82) is 0 Å². The van der Waals surface area contributed by atoms with Crippen LogP contribution in [0.4, 0.5) is 24.7 Å². The normalized spacial score (nSPS) is 17.2. The first kappa shape index (κ1) is 30.1. The van der Waals surface area contributed by atoms with Crippen LogP contribution in [0.3, 0.4) is 0 Å². The SMILES string of the molecule is CC1Cc2c(nc(OCCN(C)C)nc2N2CCNCC2)CN1c1cc(O)cc2ccccc12.O=C(O)C(F)(F)F. The monoisotopic (exact) mass is 576 g/mol. The third kappa shape index (κ3) is 7.47. The minimum Gasteiger partial charge on any atom is -0.508 e. The lowest BCUT2D eigenvalue weighted by atomic mass is 9.96. The van der Waals surface area contributed by atoms with Crippen LogP contribution in [-0.2, 0) is 17.8 Å². The molecule has 0 amide bonds. The van der Waals surface area contributed by atoms with Crippen LogP contribution in [0.25, 0.3) is 10.8 Å². The van der Waals surface area contributed by atoms with Gasteiger partial charge >= 0.3 is 18.2 Å². The molecule has 1 unspecified atom stereocenters. The third-order valence-electron chi connectivity index (χ3n) is 6.96. The highest BCUT2D eigenvalue weighted by molar-refractivity contribution is 5.96. The molecule has 1 aromatic heterocycles. The summed E-state index contributed by atoms with van der Waals surface area (Å²) >= 11 is 0. The molecule has 10 nitrogen and oxygen atoms in total. The molecule has 2 aliphatic rings. The Morgan fingerprint density at radius 2 is 1.85 bits per heavy atom. The molecule has 0 bridgehead atoms. The molecule has 3 N–H and O–H groups in total. The number of ether oxygens (including phenoxy) is 1. The highest BCUT2D eigenvalue weighted by atomic mass is 19.4. The summed E-state index contributed by atoms with van der Waals surface area (Å²) < 4.78 is 37.7. The minimum absolute atomic E-state index is 0.239. The van der Waals surface area contributed by atoms with Crippen LogP contribution in [0.1, 0.15) is 18.2 Å². The molecule has 5 rings (SSSR count). The van der Waals surface area contributed by atoms with Gasteiger partial charge in [-0.25, -0.2) is 4.79 Å². The number of nitrogens with one attached hydrogen (secondary N) is 1. The summed E-state index contributed by atoms with van der Waals surface area (Å²) in [6.07, 6.45) is -4.24. The number of phenolic OH excluding ortho intramolecular Hbond substituents is 1. The number of hydrogen-bond donors (Lipinski definition) is 3. The summed E-state index contributed by atoms with van der Waals surface area (Å²) in [6, 6.07) is 12.6. The van der Waals surface area contributed by atoms with Crippen LogP contribution < -0.4 is 19.9 Å². The molecule has 2 aromatic carbocycles. The summed E-state index contributed by atoms with van der Waals surface area (Å²) in [5, 5.41) is 23.2. The van der Waals surface area contributed by atoms with Gasteiger partial charge in [-0.1, -0.05) is 24.3 Å². The second kappa shape index (κ2) is 12.8. The number of halogens is 3. The number of hydrogen-bond acceptors (Lipinski definition) is 9. The first-order chi connectivity index (χ1) is 19.4. The Balaban J connectivity index is 0.000000493. The Morgan fingerprint density at radius 1 is 1.17 bits per heavy atom. The largest absolute Gasteiger partial charge is 0.508 e. The van der Waals surface area contributed by atoms with Gasteiger partial charge in [-0.05, 0) is 38.9 Å². The Bertz CT molecular complexity index is 1360. The summed E-state index contributed by atoms with van der Waals surface area (Å²) in [4.78, 5) is 25.5. The molecule has 0 radical (unpaired) electrons. The number of carbonyl (C=O) groups is 1. The van der Waals surface area contributed by atoms with E-state index in [0.29, 0.717) is 19.2 Å². The van der Waals surface area contributed by atoms with E-state index in [1.807, 2.05) is 44.4 Å². The predicted molar refractivity (Wildman–Crippen MR) is 150 cm³/mol. The molecule has 3 heterocycles. The number of nitrogens with zero attached hydrogens (tertiary/aromatic N) is 5. The first-order valence-corrected chi connectivity index (χ1v) is 13.4. The molecule has 222 valence electrons. The minimum atomic E-state index is -5.08. The van der Waals surface area contributed by atoms with Crippen LogP contribution in [-0.4, -0.2) is 96.7 Å². The van der Waals surface area contributed by atoms with Crippen LogP contribution in [0, 0.1) is 0 Å². The lowest BCUT2D eigenvalue weighted by Gasteiger charge is -2.39. The number of phenols is 1. The summed E-state index contributed by atoms with van der Waals surface area (Å²) in [6.45, 7) is 8.00. The lowest BCUT2D eigenvalue weighted by Crippen LogP contribution is -2.46. The molecule has 13 heteroatoms. The van der Waals surface area contributed by atoms with Gasteiger partial charge in [0.25, 0.3) is 0 Å². The molecule has 2 aliphatic heterocycles. The van der Waals surface area contributed by atoms with Crippen molar-refractivity contribution in [3.8, 4) is 11.8 Å². The fraction of sp³-hybridized carbons (Fsp3) is 0.464. The Hall–Kier alpha value is -3.84. The second-order valence-electron chi connectivity index (χ2n) is 10.3. The smallest absolute Gasteiger partial charge is 0.490 e. The number of benzene rings is 2. The van der Waals surface area contributed by atoms with Crippen LogP contribution in [0.5, 0.6) is 11.8 Å². The Kier molecular flexibility index (Phi) is 9.38. The van der Waals surface area contributed by atoms with Gasteiger partial charge in [0.2, 0.25) is 0 Å². The van der Waals surface area contributed by atoms with E-state index in [1.165, 1.54) is 5.56 Å². The summed E-state index contributed by atoms with van der Waals surface area (Å²) in [7, 11) is 4.06. The topological polar surface area (TPSA) is 114 Å². The number of piperazine rings is 1. The van der Waals surface area contributed by atoms with Crippen LogP contribution in [0.15, 0.2) is 36.4 Å². The van der Waals surface area contributed by atoms with Crippen molar-refractivity contribution in [2.45, 2.75) is 32.1 Å². The van der Waals surface area contributed by atoms with E-state index in [0.717, 1.165) is 67.1 Å². The highest BCUT2D eigenvalue weighted by Gasteiger charge is 2.38. The number of aliphatic carboxylic acids is 1. The van der Waals surface area contributed by atoms with Gasteiger partial charge in [0.05, 0.1) is 12.2 Å². The number of carboxylic acids is 1. The number of carboxylic acid groups (broad SMARTS) is 1. The number of likely N-dealkylation sites (N-methyl/N-ethyl adjacent to an activating group) is 1. The summed E-state index contributed by atoms with van der Waals surface area (Å²) in [5.74, 6) is -1.46. The highest BCUT2D eigenvalue weighted by Crippen LogP contribution is 2.38. The number of anilines is 2. The van der Waals surface area contributed by atoms with Crippen molar-refractivity contribution in [2.75, 3.05) is 63.2 Å². The van der Waals surface area contributed by atoms with E-state index in [4.69, 9.17) is 24.6 Å². The average molecular weight is 577 g/mol. The van der Waals surface area contributed by atoms with Gasteiger partial charge in [0.15, 0.2) is 0 Å². The summed E-state index contributed by atoms with van der Waals surface area (Å²) in [5.41, 5.74) is 3.26. The van der Waals surface area contributed by atoms with Crippen LogP contribution in [0.2, 0.25) is 0 Å². The number of aromatic hydroxyl groups is 1. The van der Waals surface area contributed by atoms with Crippen molar-refractivity contribution in [3.05, 3.63) is 47.7 Å². The molecule has 1 saturated heterocycles. The molecule has 0 saturated carbocycles. The van der Waals surface area contributed by atoms with Crippen molar-refractivity contribution < 1.29 is 32.9 Å². The predicted octanol–water partition coefficient (Wildman–Crippen LogP) is 3.27. The number of alkyl halides is 3. The molecule has 41 heavy (non-hydrogen) atoms. The molecule has 3 aromatic rings. The fourth-order valence-electron chi connectivity index (χ4n) is 4.92. The number of fused-ring (bicyclic) bond motifs is 2. The van der Waals surface area contributed by atoms with Crippen molar-refractivity contribution in [2.24, 2.45) is 0 Å². The van der Waals surface area contributed by atoms with Crippen molar-refractivity contribution in [1.82, 2.24) is 20.2 Å². The van der Waals surface area contributed by atoms with Gasteiger partial charge in [-0.15, -0.1) is 0 Å². The van der Waals surface area contributed by atoms with Gasteiger partial charge < -0.3 is 35.0 Å². The van der Waals surface area contributed by atoms with Crippen molar-refractivity contribution >= 4 is 28.2 Å². The van der Waals surface area contributed by atoms with E-state index in [9.17, 15) is 18.3 Å². The molecule has 1 fully saturated rings. The van der Waals surface area contributed by atoms with Crippen molar-refractivity contribution in [3.63, 3.8) is 0 Å². The van der Waals surface area contributed by atoms with Gasteiger partial charge in [-0.3, -0.25) is 0 Å². The number of aromatic nitrogens is 2. The van der Waals surface area contributed by atoms with Crippen LogP contribution >= 0.6 is 0 Å². The lowest BCUT2D eigenvalue weighted by molar-refractivity contribution is -0.192. The molecule has 1 atom stereocenters. The second-order valence-corrected chi connectivity index (χ2v) is 10.3. The quantitative estimate of drug-likeness (QED) is 0.404. The van der Waals surface area contributed by atoms with Gasteiger partial charge in [0.1, 0.15) is 18.2 Å². The average Bonchev–Trinajstić information content (AvgIpc) is 2.92. The maximum Gasteiger partial charge on any atom is 0.490 e. The zero-order valence-electron chi connectivity index (χ0n) is 23.3. The Labute approximate surface area is 236 Å². The zero-order chi connectivity index (χ0) is 29.7. The van der Waals surface area contributed by atoms with E-state index < -0.39 is 12.1 Å². The molecule has 0 spiro atoms. The van der Waals surface area contributed by atoms with E-state index >= 15 is 0 Å². The Morgan fingerprint density at radius 3 is 2.51 bits per heavy atom. The maximum atomic E-state index is 10.6. The molecular formula is C28H35F3N6O4. The van der Waals surface area contributed by atoms with E-state index in [-0.39, 0.29) is 11.8 Å². The van der Waals surface area contributed by atoms with E-state index in [2.05, 4.69) is 33.0 Å². The molecular weight excluding hydrogens is 541 g/mol. The first-order valence-electron chi connectivity index (χ1n) is 13.4. The van der Waals surface area contributed by atoms with Gasteiger partial charge in [0, 0.05) is 61.5 Å². The molecule has 0 aliphatic carbocycles.